The van der Waals surface area contributed by atoms with Gasteiger partial charge in [0.2, 0.25) is 8.32 Å². The van der Waals surface area contributed by atoms with Gasteiger partial charge in [0.05, 0.1) is 0 Å². The van der Waals surface area contributed by atoms with Crippen molar-refractivity contribution in [3.8, 4) is 0 Å². The van der Waals surface area contributed by atoms with Crippen LogP contribution >= 0.6 is 23.2 Å². The van der Waals surface area contributed by atoms with E-state index in [1.54, 1.807) is 0 Å². The van der Waals surface area contributed by atoms with E-state index in [4.69, 9.17) is 27.6 Å². The molecule has 1 aliphatic heterocycles. The third kappa shape index (κ3) is 2.63. The zero-order chi connectivity index (χ0) is 15.8. The van der Waals surface area contributed by atoms with E-state index in [9.17, 15) is 0 Å². The molecule has 1 nitrogen and oxygen atoms in total. The second kappa shape index (κ2) is 5.68. The van der Waals surface area contributed by atoms with Gasteiger partial charge in [-0.15, -0.1) is 0 Å². The lowest BCUT2D eigenvalue weighted by Crippen LogP contribution is -2.61. The summed E-state index contributed by atoms with van der Waals surface area (Å²) in [6.07, 6.45) is 0.735. The van der Waals surface area contributed by atoms with E-state index in [0.29, 0.717) is 0 Å². The van der Waals surface area contributed by atoms with Crippen molar-refractivity contribution in [3.63, 3.8) is 0 Å². The highest BCUT2D eigenvalue weighted by Gasteiger charge is 2.56. The molecule has 1 saturated heterocycles. The van der Waals surface area contributed by atoms with Gasteiger partial charge in [0.15, 0.2) is 0 Å². The van der Waals surface area contributed by atoms with Gasteiger partial charge in [0.1, 0.15) is 9.93 Å². The van der Waals surface area contributed by atoms with Crippen LogP contribution in [0.4, 0.5) is 0 Å². The standard InChI is InChI=1S/C18H20Cl2OSi/c1-17(15-9-5-3-6-10-15)18(19,20)13-14-22(2,21-17)16-11-7-4-8-12-16/h3-12H,13-14H2,1-2H3. The molecule has 2 aromatic carbocycles. The minimum atomic E-state index is -2.09. The maximum absolute atomic E-state index is 6.72. The molecule has 0 aliphatic carbocycles. The summed E-state index contributed by atoms with van der Waals surface area (Å²) >= 11 is 13.4. The lowest BCUT2D eigenvalue weighted by atomic mass is 9.90. The highest BCUT2D eigenvalue weighted by Crippen LogP contribution is 2.53. The Morgan fingerprint density at radius 3 is 2.09 bits per heavy atom. The molecule has 0 amide bonds. The van der Waals surface area contributed by atoms with Gasteiger partial charge in [-0.3, -0.25) is 0 Å². The Bertz CT molecular complexity index is 647. The van der Waals surface area contributed by atoms with Crippen LogP contribution in [0.5, 0.6) is 0 Å². The highest BCUT2D eigenvalue weighted by atomic mass is 35.5. The van der Waals surface area contributed by atoms with Crippen molar-refractivity contribution in [3.05, 3.63) is 66.2 Å². The Balaban J connectivity index is 2.05. The van der Waals surface area contributed by atoms with Crippen molar-refractivity contribution in [2.75, 3.05) is 0 Å². The summed E-state index contributed by atoms with van der Waals surface area (Å²) in [5.74, 6) is 0. The predicted octanol–water partition coefficient (Wildman–Crippen LogP) is 4.98. The van der Waals surface area contributed by atoms with Crippen LogP contribution in [0.1, 0.15) is 18.9 Å². The van der Waals surface area contributed by atoms with E-state index in [1.807, 2.05) is 43.3 Å². The third-order valence-electron chi connectivity index (χ3n) is 4.75. The molecule has 2 unspecified atom stereocenters. The van der Waals surface area contributed by atoms with Crippen LogP contribution in [-0.2, 0) is 10.0 Å². The van der Waals surface area contributed by atoms with E-state index in [-0.39, 0.29) is 0 Å². The van der Waals surface area contributed by atoms with Crippen LogP contribution < -0.4 is 5.19 Å². The Kier molecular flexibility index (Phi) is 4.15. The fraction of sp³-hybridized carbons (Fsp3) is 0.333. The molecule has 0 N–H and O–H groups in total. The van der Waals surface area contributed by atoms with Crippen LogP contribution in [0.2, 0.25) is 12.6 Å². The van der Waals surface area contributed by atoms with Crippen molar-refractivity contribution in [1.29, 1.82) is 0 Å². The number of hydrogen-bond donors (Lipinski definition) is 0. The van der Waals surface area contributed by atoms with Gasteiger partial charge >= 0.3 is 0 Å². The molecule has 3 rings (SSSR count). The smallest absolute Gasteiger partial charge is 0.222 e. The molecule has 0 saturated carbocycles. The Labute approximate surface area is 143 Å². The summed E-state index contributed by atoms with van der Waals surface area (Å²) < 4.78 is 5.80. The summed E-state index contributed by atoms with van der Waals surface area (Å²) in [5.41, 5.74) is 0.334. The van der Waals surface area contributed by atoms with Crippen LogP contribution in [0, 0.1) is 0 Å². The summed E-state index contributed by atoms with van der Waals surface area (Å²) in [5, 5.41) is 1.29. The van der Waals surface area contributed by atoms with E-state index < -0.39 is 18.3 Å². The second-order valence-corrected chi connectivity index (χ2v) is 11.5. The molecule has 0 radical (unpaired) electrons. The summed E-state index contributed by atoms with van der Waals surface area (Å²) in [6.45, 7) is 4.28. The minimum absolute atomic E-state index is 0.702. The van der Waals surface area contributed by atoms with Gasteiger partial charge in [0.25, 0.3) is 0 Å². The summed E-state index contributed by atoms with van der Waals surface area (Å²) in [4.78, 5) is 0. The van der Waals surface area contributed by atoms with E-state index in [2.05, 4.69) is 30.8 Å². The monoisotopic (exact) mass is 350 g/mol. The number of alkyl halides is 2. The lowest BCUT2D eigenvalue weighted by Gasteiger charge is -2.51. The topological polar surface area (TPSA) is 9.23 Å². The fourth-order valence-electron chi connectivity index (χ4n) is 3.23. The Morgan fingerprint density at radius 1 is 0.955 bits per heavy atom. The van der Waals surface area contributed by atoms with Crippen molar-refractivity contribution >= 4 is 36.7 Å². The zero-order valence-corrected chi connectivity index (χ0v) is 15.4. The molecule has 0 spiro atoms. The van der Waals surface area contributed by atoms with Gasteiger partial charge < -0.3 is 4.43 Å². The van der Waals surface area contributed by atoms with Gasteiger partial charge in [0, 0.05) is 0 Å². The number of hydrogen-bond acceptors (Lipinski definition) is 1. The molecule has 1 heterocycles. The van der Waals surface area contributed by atoms with Gasteiger partial charge in [-0.1, -0.05) is 83.9 Å². The van der Waals surface area contributed by atoms with Crippen molar-refractivity contribution < 1.29 is 4.43 Å². The largest absolute Gasteiger partial charge is 0.400 e. The van der Waals surface area contributed by atoms with Crippen LogP contribution in [0.3, 0.4) is 0 Å². The quantitative estimate of drug-likeness (QED) is 0.548. The zero-order valence-electron chi connectivity index (χ0n) is 12.9. The van der Waals surface area contributed by atoms with Crippen molar-refractivity contribution in [2.45, 2.75) is 35.9 Å². The van der Waals surface area contributed by atoms with Gasteiger partial charge in [-0.25, -0.2) is 0 Å². The van der Waals surface area contributed by atoms with E-state index in [1.165, 1.54) is 5.19 Å². The van der Waals surface area contributed by atoms with Crippen molar-refractivity contribution in [2.24, 2.45) is 0 Å². The maximum Gasteiger partial charge on any atom is 0.222 e. The molecule has 0 aromatic heterocycles. The first kappa shape index (κ1) is 16.1. The van der Waals surface area contributed by atoms with E-state index in [0.717, 1.165) is 18.0 Å². The Hall–Kier alpha value is -0.803. The summed E-state index contributed by atoms with van der Waals surface area (Å²) in [7, 11) is -2.09. The molecule has 2 aromatic rings. The van der Waals surface area contributed by atoms with Crippen LogP contribution in [0.25, 0.3) is 0 Å². The number of rotatable bonds is 2. The maximum atomic E-state index is 6.72. The molecular weight excluding hydrogens is 331 g/mol. The Morgan fingerprint density at radius 2 is 1.50 bits per heavy atom. The molecule has 1 aliphatic rings. The predicted molar refractivity (Wildman–Crippen MR) is 96.4 cm³/mol. The molecule has 116 valence electrons. The van der Waals surface area contributed by atoms with Crippen LogP contribution in [-0.4, -0.2) is 12.7 Å². The van der Waals surface area contributed by atoms with E-state index >= 15 is 0 Å². The van der Waals surface area contributed by atoms with Gasteiger partial charge in [-0.05, 0) is 36.7 Å². The SMILES string of the molecule is CC1(c2ccccc2)O[Si](C)(c2ccccc2)CCC1(Cl)Cl. The van der Waals surface area contributed by atoms with Crippen molar-refractivity contribution in [1.82, 2.24) is 0 Å². The van der Waals surface area contributed by atoms with Crippen LogP contribution in [0.15, 0.2) is 60.7 Å². The normalized spacial score (nSPS) is 30.9. The number of halogens is 2. The molecule has 22 heavy (non-hydrogen) atoms. The molecular formula is C18H20Cl2OSi. The minimum Gasteiger partial charge on any atom is -0.400 e. The highest BCUT2D eigenvalue weighted by molar-refractivity contribution is 6.86. The summed E-state index contributed by atoms with van der Waals surface area (Å²) in [6, 6.07) is 21.5. The first-order valence-corrected chi connectivity index (χ1v) is 10.9. The third-order valence-corrected chi connectivity index (χ3v) is 9.47. The lowest BCUT2D eigenvalue weighted by molar-refractivity contribution is 0.0422. The fourth-order valence-corrected chi connectivity index (χ4v) is 7.61. The average molecular weight is 351 g/mol. The second-order valence-electron chi connectivity index (χ2n) is 6.30. The molecule has 0 bridgehead atoms. The van der Waals surface area contributed by atoms with Gasteiger partial charge in [-0.2, -0.15) is 0 Å². The first-order chi connectivity index (χ1) is 10.4. The number of benzene rings is 2. The molecule has 1 fully saturated rings. The average Bonchev–Trinajstić information content (AvgIpc) is 2.54. The molecule has 2 atom stereocenters. The molecule has 4 heteroatoms. The first-order valence-electron chi connectivity index (χ1n) is 7.56.